The van der Waals surface area contributed by atoms with Crippen LogP contribution in [0.4, 0.5) is 0 Å². The Kier molecular flexibility index (Phi) is 9.30. The van der Waals surface area contributed by atoms with E-state index in [2.05, 4.69) is 81.3 Å². The van der Waals surface area contributed by atoms with Crippen molar-refractivity contribution in [2.45, 2.75) is 117 Å². The smallest absolute Gasteiger partial charge is 0.259 e. The highest BCUT2D eigenvalue weighted by atomic mass is 32.1. The second kappa shape index (κ2) is 13.5. The summed E-state index contributed by atoms with van der Waals surface area (Å²) in [6.45, 7) is 13.6. The number of thiocarbonyl (C=S) groups is 1. The van der Waals surface area contributed by atoms with Gasteiger partial charge in [-0.05, 0) is 65.1 Å². The third-order valence-corrected chi connectivity index (χ3v) is 12.0. The van der Waals surface area contributed by atoms with Crippen molar-refractivity contribution in [2.75, 3.05) is 0 Å². The Labute approximate surface area is 295 Å². The van der Waals surface area contributed by atoms with Gasteiger partial charge in [-0.2, -0.15) is 0 Å². The van der Waals surface area contributed by atoms with Crippen LogP contribution in [0.2, 0.25) is 0 Å². The molecule has 248 valence electrons. The van der Waals surface area contributed by atoms with Gasteiger partial charge >= 0.3 is 0 Å². The number of benzene rings is 5. The van der Waals surface area contributed by atoms with E-state index in [1.54, 1.807) is 0 Å². The Bertz CT molecular complexity index is 2170. The van der Waals surface area contributed by atoms with Crippen LogP contribution in [0.25, 0.3) is 60.4 Å². The molecule has 0 N–H and O–H groups in total. The number of hydrogen-bond acceptors (Lipinski definition) is 3. The van der Waals surface area contributed by atoms with Crippen molar-refractivity contribution in [3.05, 3.63) is 69.6 Å². The van der Waals surface area contributed by atoms with E-state index in [1.165, 1.54) is 84.7 Å². The molecule has 1 amide bonds. The van der Waals surface area contributed by atoms with Crippen molar-refractivity contribution in [3.8, 4) is 0 Å². The van der Waals surface area contributed by atoms with Gasteiger partial charge in [-0.15, -0.1) is 0 Å². The predicted molar refractivity (Wildman–Crippen MR) is 214 cm³/mol. The van der Waals surface area contributed by atoms with Gasteiger partial charge in [0.15, 0.2) is 0 Å². The molecule has 0 spiro atoms. The number of hydrogen-bond donors (Lipinski definition) is 0. The van der Waals surface area contributed by atoms with Crippen molar-refractivity contribution < 1.29 is 4.79 Å². The average molecular weight is 673 g/mol. The first-order chi connectivity index (χ1) is 23.3. The quantitative estimate of drug-likeness (QED) is 0.0498. The zero-order valence-corrected chi connectivity index (χ0v) is 30.7. The molecular weight excluding hydrogens is 625 g/mol. The number of nitrogens with zero attached hydrogens (tertiary/aromatic N) is 2. The Balaban J connectivity index is 1.35. The van der Waals surface area contributed by atoms with Gasteiger partial charge in [0.05, 0.1) is 0 Å². The Morgan fingerprint density at radius 3 is 1.65 bits per heavy atom. The minimum Gasteiger partial charge on any atom is -0.329 e. The number of amides is 1. The minimum atomic E-state index is 0.0366. The summed E-state index contributed by atoms with van der Waals surface area (Å²) in [6.07, 6.45) is 14.5. The molecule has 2 atom stereocenters. The standard InChI is InChI=1S/C43H48N2OS2/c1-6-8-10-12-14-16-26(3)44-28(5)29-18-19-30-33-22-25-36-40-34(41(46)45(43(36)48)27(4)17-15-13-11-9-7-2)23-20-31(39(33)40)32-21-24-35(42(44)47)37(29)38(30)32/h18-27H,5-17H2,1-4H3/t26-,27-/m0/s1. The maximum Gasteiger partial charge on any atom is 0.259 e. The summed E-state index contributed by atoms with van der Waals surface area (Å²) in [6, 6.07) is 18.0. The van der Waals surface area contributed by atoms with Gasteiger partial charge < -0.3 is 4.57 Å². The minimum absolute atomic E-state index is 0.0366. The van der Waals surface area contributed by atoms with E-state index in [0.29, 0.717) is 11.0 Å². The third-order valence-electron chi connectivity index (χ3n) is 11.2. The maximum atomic E-state index is 14.2. The molecule has 5 heteroatoms. The summed E-state index contributed by atoms with van der Waals surface area (Å²) in [4.78, 5) is 16.7. The van der Waals surface area contributed by atoms with Crippen molar-refractivity contribution in [1.82, 2.24) is 9.47 Å². The van der Waals surface area contributed by atoms with Gasteiger partial charge in [-0.25, -0.2) is 0 Å². The zero-order valence-electron chi connectivity index (χ0n) is 29.1. The molecular formula is C43H48N2OS2. The monoisotopic (exact) mass is 672 g/mol. The highest BCUT2D eigenvalue weighted by molar-refractivity contribution is 7.80. The number of rotatable bonds is 14. The summed E-state index contributed by atoms with van der Waals surface area (Å²) < 4.78 is 3.19. The SMILES string of the molecule is C=c1c2ccc3c4ccc5c6c(ccc(c7ccc(c(=S)n1[C@@H](C)CCCCCCC)c2c37)c64)C(=O)N([C@@H](C)CCCCCCC)C5=S. The van der Waals surface area contributed by atoms with Crippen LogP contribution >= 0.6 is 24.4 Å². The largest absolute Gasteiger partial charge is 0.329 e. The second-order valence-corrected chi connectivity index (χ2v) is 15.1. The van der Waals surface area contributed by atoms with Crippen LogP contribution in [0.3, 0.4) is 0 Å². The molecule has 7 rings (SSSR count). The van der Waals surface area contributed by atoms with E-state index in [0.717, 1.165) is 67.3 Å². The fourth-order valence-corrected chi connectivity index (χ4v) is 9.50. The number of aromatic nitrogens is 1. The Hall–Kier alpha value is -3.41. The van der Waals surface area contributed by atoms with E-state index in [-0.39, 0.29) is 11.9 Å². The molecule has 2 heterocycles. The zero-order chi connectivity index (χ0) is 33.7. The van der Waals surface area contributed by atoms with Gasteiger partial charge in [-0.1, -0.05) is 152 Å². The molecule has 1 aliphatic rings. The van der Waals surface area contributed by atoms with Gasteiger partial charge in [-0.3, -0.25) is 9.69 Å². The van der Waals surface area contributed by atoms with Gasteiger partial charge in [0, 0.05) is 50.1 Å². The van der Waals surface area contributed by atoms with Crippen LogP contribution in [-0.2, 0) is 0 Å². The highest BCUT2D eigenvalue weighted by Gasteiger charge is 2.34. The normalized spacial score (nSPS) is 14.9. The van der Waals surface area contributed by atoms with Crippen molar-refractivity contribution >= 4 is 95.8 Å². The van der Waals surface area contributed by atoms with Crippen LogP contribution in [0.15, 0.2) is 48.5 Å². The summed E-state index contributed by atoms with van der Waals surface area (Å²) in [5, 5.41) is 12.6. The first-order valence-electron chi connectivity index (χ1n) is 18.4. The number of carbonyl (C=O) groups excluding carboxylic acids is 1. The molecule has 0 aliphatic carbocycles. The molecule has 0 saturated carbocycles. The fraction of sp³-hybridized carbons (Fsp3) is 0.419. The summed E-state index contributed by atoms with van der Waals surface area (Å²) in [5.74, 6) is 0.0366. The number of unbranched alkanes of at least 4 members (excludes halogenated alkanes) is 8. The summed E-state index contributed by atoms with van der Waals surface area (Å²) in [5.41, 5.74) is 1.76. The van der Waals surface area contributed by atoms with E-state index >= 15 is 0 Å². The molecule has 6 aromatic rings. The van der Waals surface area contributed by atoms with E-state index < -0.39 is 0 Å². The first kappa shape index (κ1) is 33.1. The molecule has 48 heavy (non-hydrogen) atoms. The fourth-order valence-electron chi connectivity index (χ4n) is 8.61. The average Bonchev–Trinajstić information content (AvgIpc) is 3.08. The van der Waals surface area contributed by atoms with Crippen LogP contribution in [0, 0.1) is 4.64 Å². The predicted octanol–water partition coefficient (Wildman–Crippen LogP) is 12.4. The van der Waals surface area contributed by atoms with Gasteiger partial charge in [0.25, 0.3) is 5.91 Å². The van der Waals surface area contributed by atoms with Gasteiger partial charge in [0.1, 0.15) is 9.63 Å². The number of pyridine rings is 1. The van der Waals surface area contributed by atoms with Crippen molar-refractivity contribution in [3.63, 3.8) is 0 Å². The van der Waals surface area contributed by atoms with E-state index in [4.69, 9.17) is 24.4 Å². The lowest BCUT2D eigenvalue weighted by Gasteiger charge is -2.35. The van der Waals surface area contributed by atoms with Crippen molar-refractivity contribution in [1.29, 1.82) is 0 Å². The van der Waals surface area contributed by atoms with Crippen LogP contribution in [0.5, 0.6) is 0 Å². The Morgan fingerprint density at radius 2 is 1.04 bits per heavy atom. The number of fused-ring (bicyclic) bond motifs is 2. The van der Waals surface area contributed by atoms with Crippen LogP contribution < -0.4 is 5.35 Å². The van der Waals surface area contributed by atoms with Gasteiger partial charge in [0.2, 0.25) is 0 Å². The van der Waals surface area contributed by atoms with E-state index in [9.17, 15) is 4.79 Å². The summed E-state index contributed by atoms with van der Waals surface area (Å²) >= 11 is 12.3. The summed E-state index contributed by atoms with van der Waals surface area (Å²) in [7, 11) is 0. The lowest BCUT2D eigenvalue weighted by atomic mass is 9.83. The first-order valence-corrected chi connectivity index (χ1v) is 19.2. The highest BCUT2D eigenvalue weighted by Crippen LogP contribution is 2.46. The molecule has 5 aromatic carbocycles. The Morgan fingerprint density at radius 1 is 0.583 bits per heavy atom. The van der Waals surface area contributed by atoms with E-state index in [1.807, 2.05) is 11.0 Å². The van der Waals surface area contributed by atoms with Crippen LogP contribution in [0.1, 0.15) is 127 Å². The van der Waals surface area contributed by atoms with Crippen LogP contribution in [-0.4, -0.2) is 26.4 Å². The molecule has 1 aliphatic heterocycles. The van der Waals surface area contributed by atoms with Crippen molar-refractivity contribution in [2.24, 2.45) is 0 Å². The molecule has 0 radical (unpaired) electrons. The maximum absolute atomic E-state index is 14.2. The lowest BCUT2D eigenvalue weighted by Crippen LogP contribution is -2.45. The molecule has 0 saturated heterocycles. The number of carbonyl (C=O) groups is 1. The molecule has 3 nitrogen and oxygen atoms in total. The molecule has 0 fully saturated rings. The lowest BCUT2D eigenvalue weighted by molar-refractivity contribution is 0.0807. The second-order valence-electron chi connectivity index (χ2n) is 14.3. The molecule has 1 aromatic heterocycles. The molecule has 0 unspecified atom stereocenters. The third kappa shape index (κ3) is 5.24. The molecule has 0 bridgehead atoms. The topological polar surface area (TPSA) is 25.2 Å².